The van der Waals surface area contributed by atoms with E-state index in [2.05, 4.69) is 4.98 Å². The molecule has 0 aliphatic heterocycles. The highest BCUT2D eigenvalue weighted by atomic mass is 32.1. The summed E-state index contributed by atoms with van der Waals surface area (Å²) in [6, 6.07) is 0. The summed E-state index contributed by atoms with van der Waals surface area (Å²) in [4.78, 5) is 15.7. The third kappa shape index (κ3) is 2.30. The van der Waals surface area contributed by atoms with Gasteiger partial charge in [-0.2, -0.15) is 0 Å². The molecule has 0 aromatic carbocycles. The number of ether oxygens (including phenoxy) is 1. The van der Waals surface area contributed by atoms with Crippen LogP contribution in [-0.4, -0.2) is 17.1 Å². The van der Waals surface area contributed by atoms with Crippen molar-refractivity contribution in [2.45, 2.75) is 26.9 Å². The number of rotatable bonds is 2. The SMILES string of the molecule is Cc1ncc(C(=O)OC(C)C)s1. The van der Waals surface area contributed by atoms with Gasteiger partial charge in [0.15, 0.2) is 0 Å². The first-order chi connectivity index (χ1) is 5.59. The van der Waals surface area contributed by atoms with Crippen LogP contribution in [0.1, 0.15) is 28.5 Å². The van der Waals surface area contributed by atoms with Crippen LogP contribution in [0.25, 0.3) is 0 Å². The summed E-state index contributed by atoms with van der Waals surface area (Å²) in [5, 5.41) is 0.880. The highest BCUT2D eigenvalue weighted by Gasteiger charge is 2.11. The van der Waals surface area contributed by atoms with Crippen molar-refractivity contribution >= 4 is 17.3 Å². The Hall–Kier alpha value is -0.900. The zero-order valence-electron chi connectivity index (χ0n) is 7.33. The molecule has 0 fully saturated rings. The fourth-order valence-corrected chi connectivity index (χ4v) is 1.39. The molecule has 0 atom stereocenters. The number of aromatic nitrogens is 1. The Morgan fingerprint density at radius 3 is 2.75 bits per heavy atom. The van der Waals surface area contributed by atoms with Crippen molar-refractivity contribution in [3.05, 3.63) is 16.1 Å². The Labute approximate surface area is 75.4 Å². The molecule has 66 valence electrons. The second-order valence-corrected chi connectivity index (χ2v) is 3.93. The summed E-state index contributed by atoms with van der Waals surface area (Å²) in [7, 11) is 0. The van der Waals surface area contributed by atoms with Crippen molar-refractivity contribution in [1.82, 2.24) is 4.98 Å². The van der Waals surface area contributed by atoms with Crippen LogP contribution in [0.5, 0.6) is 0 Å². The standard InChI is InChI=1S/C8H11NO2S/c1-5(2)11-8(10)7-4-9-6(3)12-7/h4-5H,1-3H3. The lowest BCUT2D eigenvalue weighted by molar-refractivity contribution is 0.0383. The van der Waals surface area contributed by atoms with Crippen LogP contribution in [0.4, 0.5) is 0 Å². The maximum absolute atomic E-state index is 11.2. The predicted molar refractivity (Wildman–Crippen MR) is 47.4 cm³/mol. The minimum absolute atomic E-state index is 0.0695. The van der Waals surface area contributed by atoms with E-state index in [4.69, 9.17) is 4.74 Å². The molecule has 3 nitrogen and oxygen atoms in total. The highest BCUT2D eigenvalue weighted by Crippen LogP contribution is 2.13. The average Bonchev–Trinajstić information content (AvgIpc) is 2.34. The van der Waals surface area contributed by atoms with Crippen molar-refractivity contribution in [2.24, 2.45) is 0 Å². The molecule has 0 bridgehead atoms. The maximum atomic E-state index is 11.2. The van der Waals surface area contributed by atoms with Crippen molar-refractivity contribution in [1.29, 1.82) is 0 Å². The molecule has 0 radical (unpaired) electrons. The highest BCUT2D eigenvalue weighted by molar-refractivity contribution is 7.13. The van der Waals surface area contributed by atoms with Crippen LogP contribution in [0.15, 0.2) is 6.20 Å². The van der Waals surface area contributed by atoms with E-state index in [0.29, 0.717) is 4.88 Å². The maximum Gasteiger partial charge on any atom is 0.350 e. The van der Waals surface area contributed by atoms with Gasteiger partial charge in [0, 0.05) is 0 Å². The fraction of sp³-hybridized carbons (Fsp3) is 0.500. The smallest absolute Gasteiger partial charge is 0.350 e. The lowest BCUT2D eigenvalue weighted by Gasteiger charge is -2.04. The summed E-state index contributed by atoms with van der Waals surface area (Å²) >= 11 is 1.35. The Morgan fingerprint density at radius 2 is 2.33 bits per heavy atom. The van der Waals surface area contributed by atoms with Crippen LogP contribution < -0.4 is 0 Å². The molecule has 0 unspecified atom stereocenters. The molecule has 0 amide bonds. The molecule has 1 aromatic rings. The zero-order valence-corrected chi connectivity index (χ0v) is 8.14. The van der Waals surface area contributed by atoms with E-state index in [1.165, 1.54) is 11.3 Å². The number of carbonyl (C=O) groups excluding carboxylic acids is 1. The monoisotopic (exact) mass is 185 g/mol. The summed E-state index contributed by atoms with van der Waals surface area (Å²) in [5.74, 6) is -0.282. The molecular formula is C8H11NO2S. The van der Waals surface area contributed by atoms with Crippen molar-refractivity contribution in [3.63, 3.8) is 0 Å². The van der Waals surface area contributed by atoms with Gasteiger partial charge in [0.1, 0.15) is 4.88 Å². The molecule has 0 aliphatic carbocycles. The summed E-state index contributed by atoms with van der Waals surface area (Å²) in [6.07, 6.45) is 1.48. The number of nitrogens with zero attached hydrogens (tertiary/aromatic N) is 1. The van der Waals surface area contributed by atoms with E-state index >= 15 is 0 Å². The summed E-state index contributed by atoms with van der Waals surface area (Å²) in [5.41, 5.74) is 0. The topological polar surface area (TPSA) is 39.2 Å². The summed E-state index contributed by atoms with van der Waals surface area (Å²) < 4.78 is 4.98. The molecule has 12 heavy (non-hydrogen) atoms. The molecular weight excluding hydrogens is 174 g/mol. The van der Waals surface area contributed by atoms with Crippen molar-refractivity contribution in [2.75, 3.05) is 0 Å². The van der Waals surface area contributed by atoms with Crippen LogP contribution in [0.2, 0.25) is 0 Å². The zero-order chi connectivity index (χ0) is 9.14. The van der Waals surface area contributed by atoms with Crippen molar-refractivity contribution < 1.29 is 9.53 Å². The van der Waals surface area contributed by atoms with Gasteiger partial charge in [0.2, 0.25) is 0 Å². The fourth-order valence-electron chi connectivity index (χ4n) is 0.728. The number of thiazole rings is 1. The molecule has 1 aromatic heterocycles. The Balaban J connectivity index is 2.65. The van der Waals surface area contributed by atoms with Gasteiger partial charge in [0.25, 0.3) is 0 Å². The largest absolute Gasteiger partial charge is 0.459 e. The van der Waals surface area contributed by atoms with Gasteiger partial charge in [-0.15, -0.1) is 11.3 Å². The van der Waals surface area contributed by atoms with Gasteiger partial charge >= 0.3 is 5.97 Å². The first-order valence-corrected chi connectivity index (χ1v) is 4.54. The lowest BCUT2D eigenvalue weighted by atomic mass is 10.5. The molecule has 0 aliphatic rings. The summed E-state index contributed by atoms with van der Waals surface area (Å²) in [6.45, 7) is 5.51. The molecule has 1 heterocycles. The minimum atomic E-state index is -0.282. The number of aryl methyl sites for hydroxylation is 1. The number of hydrogen-bond donors (Lipinski definition) is 0. The number of esters is 1. The third-order valence-electron chi connectivity index (χ3n) is 1.17. The molecule has 0 spiro atoms. The lowest BCUT2D eigenvalue weighted by Crippen LogP contribution is -2.09. The van der Waals surface area contributed by atoms with E-state index in [1.807, 2.05) is 20.8 Å². The second kappa shape index (κ2) is 3.67. The quantitative estimate of drug-likeness (QED) is 0.662. The van der Waals surface area contributed by atoms with E-state index < -0.39 is 0 Å². The van der Waals surface area contributed by atoms with Crippen molar-refractivity contribution in [3.8, 4) is 0 Å². The van der Waals surface area contributed by atoms with E-state index in [-0.39, 0.29) is 12.1 Å². The van der Waals surface area contributed by atoms with Gasteiger partial charge in [-0.25, -0.2) is 9.78 Å². The molecule has 0 N–H and O–H groups in total. The first kappa shape index (κ1) is 9.19. The predicted octanol–water partition coefficient (Wildman–Crippen LogP) is 2.02. The normalized spacial score (nSPS) is 10.3. The van der Waals surface area contributed by atoms with Crippen LogP contribution in [0, 0.1) is 6.92 Å². The van der Waals surface area contributed by atoms with Gasteiger partial charge in [-0.3, -0.25) is 0 Å². The Bertz CT molecular complexity index is 280. The first-order valence-electron chi connectivity index (χ1n) is 3.73. The van der Waals surface area contributed by atoms with E-state index in [1.54, 1.807) is 6.20 Å². The minimum Gasteiger partial charge on any atom is -0.459 e. The third-order valence-corrected chi connectivity index (χ3v) is 2.06. The van der Waals surface area contributed by atoms with Gasteiger partial charge in [-0.05, 0) is 20.8 Å². The van der Waals surface area contributed by atoms with E-state index in [9.17, 15) is 4.79 Å². The second-order valence-electron chi connectivity index (χ2n) is 2.70. The van der Waals surface area contributed by atoms with Gasteiger partial charge in [-0.1, -0.05) is 0 Å². The van der Waals surface area contributed by atoms with E-state index in [0.717, 1.165) is 5.01 Å². The number of hydrogen-bond acceptors (Lipinski definition) is 4. The molecule has 1 rings (SSSR count). The molecule has 4 heteroatoms. The molecule has 0 saturated carbocycles. The van der Waals surface area contributed by atoms with Gasteiger partial charge < -0.3 is 4.74 Å². The Kier molecular flexibility index (Phi) is 2.81. The van der Waals surface area contributed by atoms with Crippen LogP contribution in [-0.2, 0) is 4.74 Å². The number of carbonyl (C=O) groups is 1. The van der Waals surface area contributed by atoms with Crippen LogP contribution in [0.3, 0.4) is 0 Å². The van der Waals surface area contributed by atoms with Gasteiger partial charge in [0.05, 0.1) is 17.3 Å². The molecule has 0 saturated heterocycles. The Morgan fingerprint density at radius 1 is 1.67 bits per heavy atom. The average molecular weight is 185 g/mol. The van der Waals surface area contributed by atoms with Crippen LogP contribution >= 0.6 is 11.3 Å².